The van der Waals surface area contributed by atoms with E-state index in [0.29, 0.717) is 0 Å². The maximum absolute atomic E-state index is 5.98. The van der Waals surface area contributed by atoms with Crippen LogP contribution in [0, 0.1) is 6.92 Å². The molecule has 0 heterocycles. The van der Waals surface area contributed by atoms with Crippen LogP contribution in [0.1, 0.15) is 18.1 Å². The first-order valence-electron chi connectivity index (χ1n) is 6.18. The summed E-state index contributed by atoms with van der Waals surface area (Å²) in [5.74, 6) is 0. The first kappa shape index (κ1) is 13.0. The van der Waals surface area contributed by atoms with Crippen molar-refractivity contribution in [3.8, 4) is 11.1 Å². The third kappa shape index (κ3) is 2.55. The molecule has 0 bridgehead atoms. The molecule has 0 radical (unpaired) electrons. The SMILES string of the molecule is C/C(=C/N)c1cc(-c2ccc(N)c(C)c2)ccc1N. The summed E-state index contributed by atoms with van der Waals surface area (Å²) in [6, 6.07) is 12.0. The number of allylic oxidation sites excluding steroid dienone is 1. The molecule has 2 aromatic rings. The summed E-state index contributed by atoms with van der Waals surface area (Å²) in [6.45, 7) is 3.95. The largest absolute Gasteiger partial charge is 0.404 e. The average molecular weight is 253 g/mol. The molecule has 0 saturated heterocycles. The van der Waals surface area contributed by atoms with Gasteiger partial charge in [-0.2, -0.15) is 0 Å². The molecule has 0 aliphatic carbocycles. The molecule has 3 heteroatoms. The highest BCUT2D eigenvalue weighted by Gasteiger charge is 2.05. The van der Waals surface area contributed by atoms with Crippen molar-refractivity contribution >= 4 is 16.9 Å². The summed E-state index contributed by atoms with van der Waals surface area (Å²) in [6.07, 6.45) is 1.57. The molecule has 0 aliphatic rings. The standard InChI is InChI=1S/C16H19N3/c1-10-7-12(3-5-15(10)18)13-4-6-16(19)14(8-13)11(2)9-17/h3-9H,17-19H2,1-2H3/b11-9-. The van der Waals surface area contributed by atoms with E-state index in [1.54, 1.807) is 6.20 Å². The van der Waals surface area contributed by atoms with Crippen molar-refractivity contribution in [3.63, 3.8) is 0 Å². The fraction of sp³-hybridized carbons (Fsp3) is 0.125. The number of hydrogen-bond donors (Lipinski definition) is 3. The lowest BCUT2D eigenvalue weighted by atomic mass is 9.97. The fourth-order valence-electron chi connectivity index (χ4n) is 2.02. The lowest BCUT2D eigenvalue weighted by molar-refractivity contribution is 1.45. The van der Waals surface area contributed by atoms with Gasteiger partial charge in [-0.25, -0.2) is 0 Å². The van der Waals surface area contributed by atoms with Crippen molar-refractivity contribution < 1.29 is 0 Å². The zero-order chi connectivity index (χ0) is 14.0. The van der Waals surface area contributed by atoms with E-state index in [1.807, 2.05) is 38.1 Å². The summed E-state index contributed by atoms with van der Waals surface area (Å²) in [4.78, 5) is 0. The molecule has 0 amide bonds. The van der Waals surface area contributed by atoms with Gasteiger partial charge in [0.1, 0.15) is 0 Å². The zero-order valence-corrected chi connectivity index (χ0v) is 11.3. The van der Waals surface area contributed by atoms with Crippen molar-refractivity contribution in [1.82, 2.24) is 0 Å². The Bertz CT molecular complexity index is 642. The summed E-state index contributed by atoms with van der Waals surface area (Å²) < 4.78 is 0. The van der Waals surface area contributed by atoms with E-state index in [9.17, 15) is 0 Å². The van der Waals surface area contributed by atoms with Gasteiger partial charge in [-0.05, 0) is 66.6 Å². The zero-order valence-electron chi connectivity index (χ0n) is 11.3. The van der Waals surface area contributed by atoms with Crippen LogP contribution >= 0.6 is 0 Å². The minimum absolute atomic E-state index is 0.732. The number of nitrogens with two attached hydrogens (primary N) is 3. The van der Waals surface area contributed by atoms with Gasteiger partial charge >= 0.3 is 0 Å². The van der Waals surface area contributed by atoms with Crippen LogP contribution < -0.4 is 17.2 Å². The molecule has 3 nitrogen and oxygen atoms in total. The van der Waals surface area contributed by atoms with Crippen molar-refractivity contribution in [2.75, 3.05) is 11.5 Å². The molecule has 0 unspecified atom stereocenters. The van der Waals surface area contributed by atoms with Gasteiger partial charge in [-0.3, -0.25) is 0 Å². The van der Waals surface area contributed by atoms with Crippen LogP contribution in [0.25, 0.3) is 16.7 Å². The van der Waals surface area contributed by atoms with Gasteiger partial charge < -0.3 is 17.2 Å². The molecule has 0 saturated carbocycles. The van der Waals surface area contributed by atoms with Gasteiger partial charge in [0.15, 0.2) is 0 Å². The highest BCUT2D eigenvalue weighted by Crippen LogP contribution is 2.29. The number of benzene rings is 2. The second-order valence-electron chi connectivity index (χ2n) is 4.72. The molecular formula is C16H19N3. The predicted octanol–water partition coefficient (Wildman–Crippen LogP) is 3.15. The monoisotopic (exact) mass is 253 g/mol. The van der Waals surface area contributed by atoms with Crippen molar-refractivity contribution in [2.45, 2.75) is 13.8 Å². The predicted molar refractivity (Wildman–Crippen MR) is 83.3 cm³/mol. The van der Waals surface area contributed by atoms with Crippen molar-refractivity contribution in [1.29, 1.82) is 0 Å². The Labute approximate surface area is 113 Å². The summed E-state index contributed by atoms with van der Waals surface area (Å²) >= 11 is 0. The normalized spacial score (nSPS) is 11.6. The van der Waals surface area contributed by atoms with E-state index >= 15 is 0 Å². The van der Waals surface area contributed by atoms with Crippen molar-refractivity contribution in [2.24, 2.45) is 5.73 Å². The molecule has 0 atom stereocenters. The van der Waals surface area contributed by atoms with Crippen molar-refractivity contribution in [3.05, 3.63) is 53.7 Å². The smallest absolute Gasteiger partial charge is 0.0391 e. The van der Waals surface area contributed by atoms with Gasteiger partial charge in [-0.1, -0.05) is 12.1 Å². The van der Waals surface area contributed by atoms with Crippen LogP contribution in [0.2, 0.25) is 0 Å². The maximum Gasteiger partial charge on any atom is 0.0391 e. The Kier molecular flexibility index (Phi) is 3.47. The van der Waals surface area contributed by atoms with Crippen LogP contribution in [0.5, 0.6) is 0 Å². The van der Waals surface area contributed by atoms with Gasteiger partial charge in [0.25, 0.3) is 0 Å². The Hall–Kier alpha value is -2.42. The van der Waals surface area contributed by atoms with E-state index < -0.39 is 0 Å². The first-order valence-corrected chi connectivity index (χ1v) is 6.18. The molecule has 2 aromatic carbocycles. The number of nitrogen functional groups attached to an aromatic ring is 2. The highest BCUT2D eigenvalue weighted by molar-refractivity contribution is 5.79. The summed E-state index contributed by atoms with van der Waals surface area (Å²) in [5, 5.41) is 0. The summed E-state index contributed by atoms with van der Waals surface area (Å²) in [7, 11) is 0. The molecule has 98 valence electrons. The van der Waals surface area contributed by atoms with Gasteiger partial charge in [0.05, 0.1) is 0 Å². The molecule has 2 rings (SSSR count). The molecule has 19 heavy (non-hydrogen) atoms. The van der Waals surface area contributed by atoms with Gasteiger partial charge in [0.2, 0.25) is 0 Å². The van der Waals surface area contributed by atoms with Crippen LogP contribution in [0.3, 0.4) is 0 Å². The Morgan fingerprint density at radius 1 is 0.947 bits per heavy atom. The lowest BCUT2D eigenvalue weighted by Gasteiger charge is -2.10. The van der Waals surface area contributed by atoms with Crippen LogP contribution in [0.4, 0.5) is 11.4 Å². The minimum atomic E-state index is 0.732. The Morgan fingerprint density at radius 2 is 1.53 bits per heavy atom. The highest BCUT2D eigenvalue weighted by atomic mass is 14.6. The minimum Gasteiger partial charge on any atom is -0.404 e. The maximum atomic E-state index is 5.98. The summed E-state index contributed by atoms with van der Waals surface area (Å²) in [5.41, 5.74) is 24.2. The molecule has 0 aromatic heterocycles. The van der Waals surface area contributed by atoms with E-state index in [2.05, 4.69) is 12.1 Å². The number of anilines is 2. The van der Waals surface area contributed by atoms with E-state index in [0.717, 1.165) is 39.2 Å². The molecule has 0 fully saturated rings. The fourth-order valence-corrected chi connectivity index (χ4v) is 2.02. The first-order chi connectivity index (χ1) is 9.02. The number of rotatable bonds is 2. The Morgan fingerprint density at radius 3 is 2.11 bits per heavy atom. The lowest BCUT2D eigenvalue weighted by Crippen LogP contribution is -1.95. The number of hydrogen-bond acceptors (Lipinski definition) is 3. The van der Waals surface area contributed by atoms with Gasteiger partial charge in [0, 0.05) is 16.9 Å². The van der Waals surface area contributed by atoms with Crippen LogP contribution in [-0.4, -0.2) is 0 Å². The molecule has 0 spiro atoms. The molecule has 0 aliphatic heterocycles. The third-order valence-corrected chi connectivity index (χ3v) is 3.33. The third-order valence-electron chi connectivity index (χ3n) is 3.33. The second-order valence-corrected chi connectivity index (χ2v) is 4.72. The van der Waals surface area contributed by atoms with E-state index in [4.69, 9.17) is 17.2 Å². The molecular weight excluding hydrogens is 234 g/mol. The number of aryl methyl sites for hydroxylation is 1. The van der Waals surface area contributed by atoms with E-state index in [1.165, 1.54) is 0 Å². The molecule has 6 N–H and O–H groups in total. The second kappa shape index (κ2) is 5.06. The van der Waals surface area contributed by atoms with E-state index in [-0.39, 0.29) is 0 Å². The van der Waals surface area contributed by atoms with Crippen LogP contribution in [0.15, 0.2) is 42.6 Å². The topological polar surface area (TPSA) is 78.1 Å². The Balaban J connectivity index is 2.54. The van der Waals surface area contributed by atoms with Gasteiger partial charge in [-0.15, -0.1) is 0 Å². The quantitative estimate of drug-likeness (QED) is 0.719. The average Bonchev–Trinajstić information content (AvgIpc) is 2.41. The van der Waals surface area contributed by atoms with Crippen LogP contribution in [-0.2, 0) is 0 Å².